The molecule has 1 N–H and O–H groups in total. The maximum atomic E-state index is 12.0. The van der Waals surface area contributed by atoms with Crippen molar-refractivity contribution < 1.29 is 14.3 Å². The third kappa shape index (κ3) is 4.00. The molecule has 0 atom stereocenters. The molecule has 0 saturated carbocycles. The monoisotopic (exact) mass is 349 g/mol. The first-order valence-corrected chi connectivity index (χ1v) is 8.33. The first-order valence-electron chi connectivity index (χ1n) is 7.95. The summed E-state index contributed by atoms with van der Waals surface area (Å²) in [7, 11) is 1.87. The fraction of sp³-hybridized carbons (Fsp3) is 0.412. The van der Waals surface area contributed by atoms with Gasteiger partial charge in [0.05, 0.1) is 18.2 Å². The van der Waals surface area contributed by atoms with Crippen molar-refractivity contribution in [2.45, 2.75) is 25.8 Å². The van der Waals surface area contributed by atoms with Crippen molar-refractivity contribution in [3.8, 4) is 11.5 Å². The van der Waals surface area contributed by atoms with E-state index in [2.05, 4.69) is 10.4 Å². The molecule has 0 radical (unpaired) electrons. The van der Waals surface area contributed by atoms with Crippen LogP contribution in [0.25, 0.3) is 0 Å². The summed E-state index contributed by atoms with van der Waals surface area (Å²) in [5.74, 6) is 1.21. The fourth-order valence-electron chi connectivity index (χ4n) is 2.56. The number of hydrogen-bond donors (Lipinski definition) is 1. The van der Waals surface area contributed by atoms with Crippen LogP contribution in [0.3, 0.4) is 0 Å². The third-order valence-corrected chi connectivity index (χ3v) is 4.16. The van der Waals surface area contributed by atoms with Crippen LogP contribution >= 0.6 is 11.6 Å². The molecule has 6 nitrogen and oxygen atoms in total. The lowest BCUT2D eigenvalue weighted by atomic mass is 10.2. The first-order chi connectivity index (χ1) is 11.6. The zero-order chi connectivity index (χ0) is 16.9. The van der Waals surface area contributed by atoms with E-state index in [1.807, 2.05) is 19.2 Å². The van der Waals surface area contributed by atoms with Crippen LogP contribution < -0.4 is 14.8 Å². The van der Waals surface area contributed by atoms with Crippen LogP contribution in [0, 0.1) is 0 Å². The van der Waals surface area contributed by atoms with Gasteiger partial charge in [-0.2, -0.15) is 5.10 Å². The van der Waals surface area contributed by atoms with E-state index in [9.17, 15) is 4.79 Å². The minimum Gasteiger partial charge on any atom is -0.489 e. The van der Waals surface area contributed by atoms with Crippen molar-refractivity contribution >= 4 is 17.5 Å². The smallest absolute Gasteiger partial charge is 0.220 e. The molecule has 128 valence electrons. The van der Waals surface area contributed by atoms with Crippen molar-refractivity contribution in [1.29, 1.82) is 0 Å². The van der Waals surface area contributed by atoms with Crippen LogP contribution in [0.1, 0.15) is 24.1 Å². The number of ether oxygens (including phenoxy) is 2. The lowest BCUT2D eigenvalue weighted by Gasteiger charge is -2.12. The number of carbonyl (C=O) groups excluding carboxylic acids is 1. The van der Waals surface area contributed by atoms with E-state index in [1.54, 1.807) is 16.9 Å². The topological polar surface area (TPSA) is 65.4 Å². The number of benzene rings is 1. The van der Waals surface area contributed by atoms with Gasteiger partial charge in [-0.15, -0.1) is 0 Å². The van der Waals surface area contributed by atoms with Gasteiger partial charge >= 0.3 is 0 Å². The number of aromatic nitrogens is 2. The summed E-state index contributed by atoms with van der Waals surface area (Å²) in [6.45, 7) is 1.60. The van der Waals surface area contributed by atoms with Gasteiger partial charge in [0.15, 0.2) is 11.5 Å². The Labute approximate surface area is 145 Å². The Hall–Kier alpha value is -2.21. The molecule has 0 bridgehead atoms. The number of hydrogen-bond acceptors (Lipinski definition) is 4. The summed E-state index contributed by atoms with van der Waals surface area (Å²) < 4.78 is 13.0. The van der Waals surface area contributed by atoms with E-state index in [0.717, 1.165) is 17.7 Å². The van der Waals surface area contributed by atoms with Crippen LogP contribution in [0.4, 0.5) is 0 Å². The minimum absolute atomic E-state index is 0.0144. The zero-order valence-corrected chi connectivity index (χ0v) is 14.3. The molecule has 2 aromatic rings. The molecule has 24 heavy (non-hydrogen) atoms. The summed E-state index contributed by atoms with van der Waals surface area (Å²) in [6, 6.07) is 5.58. The van der Waals surface area contributed by atoms with Crippen LogP contribution in [-0.4, -0.2) is 28.9 Å². The highest BCUT2D eigenvalue weighted by atomic mass is 35.5. The van der Waals surface area contributed by atoms with Gasteiger partial charge in [-0.05, 0) is 30.2 Å². The van der Waals surface area contributed by atoms with Crippen LogP contribution in [0.15, 0.2) is 24.4 Å². The minimum atomic E-state index is -0.0144. The van der Waals surface area contributed by atoms with Gasteiger partial charge in [-0.1, -0.05) is 11.6 Å². The SMILES string of the molecule is Cn1nccc1CCC(=O)NCc1cc(Cl)c2c(c1)OCCCO2. The number of nitrogens with one attached hydrogen (secondary N) is 1. The number of carbonyl (C=O) groups is 1. The molecule has 0 spiro atoms. The van der Waals surface area contributed by atoms with Gasteiger partial charge in [0.1, 0.15) is 0 Å². The Balaban J connectivity index is 1.56. The molecule has 0 saturated heterocycles. The average Bonchev–Trinajstić information content (AvgIpc) is 2.82. The maximum Gasteiger partial charge on any atom is 0.220 e. The summed E-state index contributed by atoms with van der Waals surface area (Å²) in [5, 5.41) is 7.51. The van der Waals surface area contributed by atoms with E-state index >= 15 is 0 Å². The molecule has 7 heteroatoms. The number of aryl methyl sites for hydroxylation is 2. The molecule has 0 fully saturated rings. The Kier molecular flexibility index (Phi) is 5.25. The first kappa shape index (κ1) is 16.6. The zero-order valence-electron chi connectivity index (χ0n) is 13.5. The van der Waals surface area contributed by atoms with Crippen molar-refractivity contribution in [3.63, 3.8) is 0 Å². The molecule has 1 aromatic heterocycles. The molecule has 1 aliphatic heterocycles. The van der Waals surface area contributed by atoms with E-state index in [-0.39, 0.29) is 5.91 Å². The quantitative estimate of drug-likeness (QED) is 0.900. The highest BCUT2D eigenvalue weighted by Gasteiger charge is 2.16. The third-order valence-electron chi connectivity index (χ3n) is 3.88. The molecule has 1 amide bonds. The fourth-order valence-corrected chi connectivity index (χ4v) is 2.85. The van der Waals surface area contributed by atoms with Gasteiger partial charge in [0.25, 0.3) is 0 Å². The summed E-state index contributed by atoms with van der Waals surface area (Å²) in [4.78, 5) is 12.0. The van der Waals surface area contributed by atoms with Crippen molar-refractivity contribution in [2.24, 2.45) is 7.05 Å². The molecular weight excluding hydrogens is 330 g/mol. The normalized spacial score (nSPS) is 13.4. The second kappa shape index (κ2) is 7.57. The van der Waals surface area contributed by atoms with Gasteiger partial charge < -0.3 is 14.8 Å². The van der Waals surface area contributed by atoms with Gasteiger partial charge in [-0.3, -0.25) is 9.48 Å². The highest BCUT2D eigenvalue weighted by Crippen LogP contribution is 2.37. The van der Waals surface area contributed by atoms with E-state index in [1.165, 1.54) is 0 Å². The van der Waals surface area contributed by atoms with E-state index < -0.39 is 0 Å². The molecule has 3 rings (SSSR count). The number of rotatable bonds is 5. The predicted molar refractivity (Wildman–Crippen MR) is 90.4 cm³/mol. The van der Waals surface area contributed by atoms with E-state index in [4.69, 9.17) is 21.1 Å². The molecule has 0 unspecified atom stereocenters. The number of amides is 1. The Morgan fingerprint density at radius 2 is 2.21 bits per heavy atom. The standard InChI is InChI=1S/C17H20ClN3O3/c1-21-13(5-6-20-21)3-4-16(22)19-11-12-9-14(18)17-15(10-12)23-7-2-8-24-17/h5-6,9-10H,2-4,7-8,11H2,1H3,(H,19,22). The summed E-state index contributed by atoms with van der Waals surface area (Å²) in [6.07, 6.45) is 3.63. The van der Waals surface area contributed by atoms with Crippen molar-refractivity contribution in [1.82, 2.24) is 15.1 Å². The Morgan fingerprint density at radius 1 is 1.38 bits per heavy atom. The van der Waals surface area contributed by atoms with Crippen LogP contribution in [0.2, 0.25) is 5.02 Å². The van der Waals surface area contributed by atoms with E-state index in [0.29, 0.717) is 49.1 Å². The highest BCUT2D eigenvalue weighted by molar-refractivity contribution is 6.32. The maximum absolute atomic E-state index is 12.0. The molecule has 1 aliphatic rings. The van der Waals surface area contributed by atoms with Crippen LogP contribution in [0.5, 0.6) is 11.5 Å². The number of fused-ring (bicyclic) bond motifs is 1. The molecule has 1 aromatic carbocycles. The Bertz CT molecular complexity index is 730. The number of nitrogens with zero attached hydrogens (tertiary/aromatic N) is 2. The Morgan fingerprint density at radius 3 is 3.00 bits per heavy atom. The lowest BCUT2D eigenvalue weighted by Crippen LogP contribution is -2.23. The van der Waals surface area contributed by atoms with Gasteiger partial charge in [-0.25, -0.2) is 0 Å². The largest absolute Gasteiger partial charge is 0.489 e. The van der Waals surface area contributed by atoms with Crippen molar-refractivity contribution in [2.75, 3.05) is 13.2 Å². The predicted octanol–water partition coefficient (Wildman–Crippen LogP) is 2.48. The second-order valence-electron chi connectivity index (χ2n) is 5.68. The molecule has 0 aliphatic carbocycles. The molecular formula is C17H20ClN3O3. The van der Waals surface area contributed by atoms with Gasteiger partial charge in [0, 0.05) is 38.3 Å². The molecule has 2 heterocycles. The van der Waals surface area contributed by atoms with Crippen molar-refractivity contribution in [3.05, 3.63) is 40.7 Å². The second-order valence-corrected chi connectivity index (χ2v) is 6.09. The lowest BCUT2D eigenvalue weighted by molar-refractivity contribution is -0.121. The average molecular weight is 350 g/mol. The number of halogens is 1. The summed E-state index contributed by atoms with van der Waals surface area (Å²) >= 11 is 6.25. The van der Waals surface area contributed by atoms with Gasteiger partial charge in [0.2, 0.25) is 5.91 Å². The summed E-state index contributed by atoms with van der Waals surface area (Å²) in [5.41, 5.74) is 1.92. The van der Waals surface area contributed by atoms with Crippen LogP contribution in [-0.2, 0) is 24.8 Å².